The Labute approximate surface area is 138 Å². The summed E-state index contributed by atoms with van der Waals surface area (Å²) in [5, 5.41) is 9.60. The molecule has 0 saturated heterocycles. The minimum Gasteiger partial charge on any atom is -0.478 e. The van der Waals surface area contributed by atoms with Crippen molar-refractivity contribution in [2.24, 2.45) is 0 Å². The van der Waals surface area contributed by atoms with E-state index in [0.29, 0.717) is 23.5 Å². The number of aromatic carboxylic acids is 1. The average molecular weight is 324 g/mol. The van der Waals surface area contributed by atoms with E-state index >= 15 is 0 Å². The molecule has 1 N–H and O–H groups in total. The number of hydrogen-bond donors (Lipinski definition) is 1. The van der Waals surface area contributed by atoms with E-state index in [1.54, 1.807) is 6.07 Å². The number of carboxylic acid groups (broad SMARTS) is 1. The molecule has 0 fully saturated rings. The van der Waals surface area contributed by atoms with Crippen LogP contribution in [0.2, 0.25) is 0 Å². The van der Waals surface area contributed by atoms with Gasteiger partial charge in [-0.2, -0.15) is 0 Å². The van der Waals surface area contributed by atoms with Gasteiger partial charge in [0.25, 0.3) is 0 Å². The van der Waals surface area contributed by atoms with Crippen molar-refractivity contribution >= 4 is 16.9 Å². The van der Waals surface area contributed by atoms with Crippen molar-refractivity contribution in [2.75, 3.05) is 6.61 Å². The maximum absolute atomic E-state index is 12.9. The van der Waals surface area contributed by atoms with Crippen LogP contribution in [0.25, 0.3) is 22.3 Å². The predicted octanol–water partition coefficient (Wildman–Crippen LogP) is 3.69. The lowest BCUT2D eigenvalue weighted by atomic mass is 10.0. The minimum atomic E-state index is -1.14. The van der Waals surface area contributed by atoms with Crippen LogP contribution in [0.4, 0.5) is 0 Å². The summed E-state index contributed by atoms with van der Waals surface area (Å²) >= 11 is 0. The van der Waals surface area contributed by atoms with Crippen LogP contribution < -0.4 is 5.43 Å². The first-order chi connectivity index (χ1) is 11.6. The maximum Gasteiger partial charge on any atom is 0.339 e. The van der Waals surface area contributed by atoms with E-state index in [9.17, 15) is 14.7 Å². The van der Waals surface area contributed by atoms with Gasteiger partial charge in [0.1, 0.15) is 11.3 Å². The fourth-order valence-electron chi connectivity index (χ4n) is 2.58. The summed E-state index contributed by atoms with van der Waals surface area (Å²) in [6, 6.07) is 13.7. The van der Waals surface area contributed by atoms with Gasteiger partial charge < -0.3 is 14.3 Å². The number of para-hydroxylation sites is 1. The summed E-state index contributed by atoms with van der Waals surface area (Å²) in [6.07, 6.45) is 0. The standard InChI is InChI=1S/C19H16O5/c1-2-23-11-15-16(20)13-9-6-10-14(19(21)22)18(13)24-17(15)12-7-4-3-5-8-12/h3-10H,2,11H2,1H3,(H,21,22). The molecule has 0 aliphatic carbocycles. The fourth-order valence-corrected chi connectivity index (χ4v) is 2.58. The van der Waals surface area contributed by atoms with Crippen LogP contribution in [-0.2, 0) is 11.3 Å². The first-order valence-electron chi connectivity index (χ1n) is 7.58. The van der Waals surface area contributed by atoms with E-state index in [-0.39, 0.29) is 28.6 Å². The maximum atomic E-state index is 12.9. The van der Waals surface area contributed by atoms with Crippen molar-refractivity contribution < 1.29 is 19.1 Å². The Morgan fingerprint density at radius 1 is 1.12 bits per heavy atom. The summed E-state index contributed by atoms with van der Waals surface area (Å²) in [7, 11) is 0. The summed E-state index contributed by atoms with van der Waals surface area (Å²) in [5.74, 6) is -0.796. The molecule has 0 saturated carbocycles. The van der Waals surface area contributed by atoms with Crippen LogP contribution in [0.15, 0.2) is 57.7 Å². The molecule has 0 atom stereocenters. The molecule has 24 heavy (non-hydrogen) atoms. The van der Waals surface area contributed by atoms with E-state index in [2.05, 4.69) is 0 Å². The Hall–Kier alpha value is -2.92. The molecule has 2 aromatic carbocycles. The van der Waals surface area contributed by atoms with Crippen LogP contribution in [0.1, 0.15) is 22.8 Å². The smallest absolute Gasteiger partial charge is 0.339 e. The van der Waals surface area contributed by atoms with Crippen molar-refractivity contribution in [3.8, 4) is 11.3 Å². The Morgan fingerprint density at radius 3 is 2.54 bits per heavy atom. The van der Waals surface area contributed by atoms with Gasteiger partial charge in [-0.25, -0.2) is 4.79 Å². The minimum absolute atomic E-state index is 0.0373. The molecule has 0 unspecified atom stereocenters. The fraction of sp³-hybridized carbons (Fsp3) is 0.158. The van der Waals surface area contributed by atoms with Crippen molar-refractivity contribution in [2.45, 2.75) is 13.5 Å². The van der Waals surface area contributed by atoms with Gasteiger partial charge in [0, 0.05) is 12.2 Å². The van der Waals surface area contributed by atoms with Gasteiger partial charge in [-0.3, -0.25) is 4.79 Å². The van der Waals surface area contributed by atoms with Crippen LogP contribution in [0.5, 0.6) is 0 Å². The molecule has 3 aromatic rings. The number of carboxylic acids is 1. The number of fused-ring (bicyclic) bond motifs is 1. The molecule has 1 aromatic heterocycles. The van der Waals surface area contributed by atoms with Gasteiger partial charge in [-0.15, -0.1) is 0 Å². The summed E-state index contributed by atoms with van der Waals surface area (Å²) < 4.78 is 11.3. The zero-order chi connectivity index (χ0) is 17.1. The molecule has 122 valence electrons. The summed E-state index contributed by atoms with van der Waals surface area (Å²) in [5.41, 5.74) is 0.856. The lowest BCUT2D eigenvalue weighted by Gasteiger charge is -2.11. The molecular formula is C19H16O5. The normalized spacial score (nSPS) is 10.9. The van der Waals surface area contributed by atoms with Gasteiger partial charge >= 0.3 is 5.97 Å². The first-order valence-corrected chi connectivity index (χ1v) is 7.58. The first kappa shape index (κ1) is 16.0. The van der Waals surface area contributed by atoms with Crippen molar-refractivity contribution in [1.82, 2.24) is 0 Å². The van der Waals surface area contributed by atoms with Crippen LogP contribution in [0.3, 0.4) is 0 Å². The van der Waals surface area contributed by atoms with Gasteiger partial charge in [0.15, 0.2) is 11.0 Å². The lowest BCUT2D eigenvalue weighted by molar-refractivity contribution is 0.0698. The highest BCUT2D eigenvalue weighted by molar-refractivity contribution is 6.01. The van der Waals surface area contributed by atoms with E-state index < -0.39 is 5.97 Å². The zero-order valence-corrected chi connectivity index (χ0v) is 13.1. The van der Waals surface area contributed by atoms with Crippen molar-refractivity contribution in [3.05, 3.63) is 69.9 Å². The number of hydrogen-bond acceptors (Lipinski definition) is 4. The zero-order valence-electron chi connectivity index (χ0n) is 13.1. The second-order valence-corrected chi connectivity index (χ2v) is 5.23. The Morgan fingerprint density at radius 2 is 1.88 bits per heavy atom. The third-order valence-corrected chi connectivity index (χ3v) is 3.73. The Balaban J connectivity index is 2.37. The van der Waals surface area contributed by atoms with Crippen molar-refractivity contribution in [3.63, 3.8) is 0 Å². The molecule has 0 radical (unpaired) electrons. The highest BCUT2D eigenvalue weighted by atomic mass is 16.5. The number of ether oxygens (including phenoxy) is 1. The molecular weight excluding hydrogens is 308 g/mol. The molecule has 1 heterocycles. The SMILES string of the molecule is CCOCc1c(-c2ccccc2)oc2c(C(=O)O)cccc2c1=O. The van der Waals surface area contributed by atoms with Gasteiger partial charge in [0.2, 0.25) is 0 Å². The van der Waals surface area contributed by atoms with Crippen LogP contribution in [-0.4, -0.2) is 17.7 Å². The van der Waals surface area contributed by atoms with Crippen LogP contribution >= 0.6 is 0 Å². The summed E-state index contributed by atoms with van der Waals surface area (Å²) in [6.45, 7) is 2.41. The topological polar surface area (TPSA) is 76.7 Å². The molecule has 0 bridgehead atoms. The van der Waals surface area contributed by atoms with Crippen molar-refractivity contribution in [1.29, 1.82) is 0 Å². The predicted molar refractivity (Wildman–Crippen MR) is 90.2 cm³/mol. The second kappa shape index (κ2) is 6.68. The average Bonchev–Trinajstić information content (AvgIpc) is 2.61. The molecule has 0 aliphatic rings. The molecule has 0 spiro atoms. The van der Waals surface area contributed by atoms with Gasteiger partial charge in [-0.1, -0.05) is 36.4 Å². The third-order valence-electron chi connectivity index (χ3n) is 3.73. The van der Waals surface area contributed by atoms with E-state index in [1.165, 1.54) is 12.1 Å². The highest BCUT2D eigenvalue weighted by Gasteiger charge is 2.19. The number of carbonyl (C=O) groups is 1. The van der Waals surface area contributed by atoms with E-state index in [1.807, 2.05) is 37.3 Å². The molecule has 5 heteroatoms. The van der Waals surface area contributed by atoms with Gasteiger partial charge in [0.05, 0.1) is 17.6 Å². The molecule has 5 nitrogen and oxygen atoms in total. The highest BCUT2D eigenvalue weighted by Crippen LogP contribution is 2.28. The van der Waals surface area contributed by atoms with E-state index in [4.69, 9.17) is 9.15 Å². The largest absolute Gasteiger partial charge is 0.478 e. The number of benzene rings is 2. The molecule has 3 rings (SSSR count). The lowest BCUT2D eigenvalue weighted by Crippen LogP contribution is -2.14. The number of rotatable bonds is 5. The second-order valence-electron chi connectivity index (χ2n) is 5.23. The van der Waals surface area contributed by atoms with Crippen LogP contribution in [0, 0.1) is 0 Å². The van der Waals surface area contributed by atoms with Gasteiger partial charge in [-0.05, 0) is 19.1 Å². The quantitative estimate of drug-likeness (QED) is 0.774. The third kappa shape index (κ3) is 2.81. The molecule has 0 aliphatic heterocycles. The Kier molecular flexibility index (Phi) is 4.44. The summed E-state index contributed by atoms with van der Waals surface area (Å²) in [4.78, 5) is 24.3. The Bertz CT molecular complexity index is 941. The van der Waals surface area contributed by atoms with E-state index in [0.717, 1.165) is 0 Å². The monoisotopic (exact) mass is 324 g/mol. The molecule has 0 amide bonds.